The number of hydrogen-bond acceptors (Lipinski definition) is 2. The molecule has 0 atom stereocenters. The molecule has 1 aromatic rings. The van der Waals surface area contributed by atoms with Gasteiger partial charge in [0.1, 0.15) is 8.07 Å². The summed E-state index contributed by atoms with van der Waals surface area (Å²) in [6, 6.07) is 0. The van der Waals surface area contributed by atoms with Gasteiger partial charge >= 0.3 is 0 Å². The molecule has 1 saturated carbocycles. The Balaban J connectivity index is 1.98. The normalized spacial score (nSPS) is 20.0. The van der Waals surface area contributed by atoms with E-state index in [4.69, 9.17) is 9.97 Å². The van der Waals surface area contributed by atoms with Gasteiger partial charge in [0.05, 0.1) is 5.69 Å². The van der Waals surface area contributed by atoms with Crippen molar-refractivity contribution >= 4 is 8.07 Å². The molecule has 0 unspecified atom stereocenters. The van der Waals surface area contributed by atoms with Gasteiger partial charge in [-0.3, -0.25) is 0 Å². The Bertz CT molecular complexity index is 653. The second-order valence-electron chi connectivity index (χ2n) is 9.31. The SMILES string of the molecule is C[Si](C)(C)C#Cc1nc2c(c(C3CCCCCCCC3)n1)CCCCC2. The van der Waals surface area contributed by atoms with Crippen molar-refractivity contribution in [2.75, 3.05) is 0 Å². The van der Waals surface area contributed by atoms with Crippen molar-refractivity contribution in [3.05, 3.63) is 22.8 Å². The molecule has 2 aliphatic rings. The third kappa shape index (κ3) is 5.68. The second-order valence-corrected chi connectivity index (χ2v) is 14.1. The molecule has 0 aromatic carbocycles. The molecular weight excluding hydrogens is 332 g/mol. The number of rotatable bonds is 1. The van der Waals surface area contributed by atoms with Gasteiger partial charge in [0.15, 0.2) is 0 Å². The summed E-state index contributed by atoms with van der Waals surface area (Å²) in [6.45, 7) is 6.88. The van der Waals surface area contributed by atoms with Crippen LogP contribution in [0.3, 0.4) is 0 Å². The maximum atomic E-state index is 5.09. The molecule has 1 fully saturated rings. The lowest BCUT2D eigenvalue weighted by Gasteiger charge is -2.20. The van der Waals surface area contributed by atoms with E-state index >= 15 is 0 Å². The van der Waals surface area contributed by atoms with Crippen LogP contribution in [-0.4, -0.2) is 18.0 Å². The van der Waals surface area contributed by atoms with Gasteiger partial charge in [-0.2, -0.15) is 0 Å². The summed E-state index contributed by atoms with van der Waals surface area (Å²) in [5.74, 6) is 4.81. The van der Waals surface area contributed by atoms with Crippen LogP contribution < -0.4 is 0 Å². The van der Waals surface area contributed by atoms with Crippen molar-refractivity contribution in [2.24, 2.45) is 0 Å². The molecular formula is C23H36N2Si. The highest BCUT2D eigenvalue weighted by atomic mass is 28.3. The van der Waals surface area contributed by atoms with E-state index in [0.717, 1.165) is 12.2 Å². The van der Waals surface area contributed by atoms with Crippen molar-refractivity contribution in [3.8, 4) is 11.5 Å². The molecule has 2 aliphatic carbocycles. The van der Waals surface area contributed by atoms with E-state index in [1.165, 1.54) is 94.0 Å². The van der Waals surface area contributed by atoms with Crippen molar-refractivity contribution in [3.63, 3.8) is 0 Å². The highest BCUT2D eigenvalue weighted by molar-refractivity contribution is 6.83. The van der Waals surface area contributed by atoms with Gasteiger partial charge in [-0.15, -0.1) is 5.54 Å². The third-order valence-corrected chi connectivity index (χ3v) is 6.63. The number of aryl methyl sites for hydroxylation is 1. The standard InChI is InChI=1S/C23H36N2Si/c1-26(2,3)18-17-22-24-21-16-12-8-11-15-20(21)23(25-22)19-13-9-6-4-5-7-10-14-19/h19H,4-16H2,1-3H3. The molecule has 142 valence electrons. The lowest BCUT2D eigenvalue weighted by molar-refractivity contribution is 0.521. The van der Waals surface area contributed by atoms with Gasteiger partial charge in [0.25, 0.3) is 0 Å². The van der Waals surface area contributed by atoms with Gasteiger partial charge in [-0.1, -0.05) is 64.6 Å². The molecule has 0 saturated heterocycles. The lowest BCUT2D eigenvalue weighted by Crippen LogP contribution is -2.17. The average Bonchev–Trinajstić information content (AvgIpc) is 2.74. The molecule has 0 amide bonds. The van der Waals surface area contributed by atoms with E-state index in [1.807, 2.05) is 0 Å². The largest absolute Gasteiger partial charge is 0.226 e. The van der Waals surface area contributed by atoms with Crippen LogP contribution in [0.5, 0.6) is 0 Å². The van der Waals surface area contributed by atoms with Crippen LogP contribution in [0.2, 0.25) is 19.6 Å². The molecule has 1 aromatic heterocycles. The number of fused-ring (bicyclic) bond motifs is 1. The summed E-state index contributed by atoms with van der Waals surface area (Å²) >= 11 is 0. The van der Waals surface area contributed by atoms with Crippen LogP contribution in [0.1, 0.15) is 99.3 Å². The predicted octanol–water partition coefficient (Wildman–Crippen LogP) is 6.19. The molecule has 3 heteroatoms. The zero-order valence-electron chi connectivity index (χ0n) is 17.2. The number of hydrogen-bond donors (Lipinski definition) is 0. The minimum atomic E-state index is -1.40. The zero-order chi connectivity index (χ0) is 18.4. The summed E-state index contributed by atoms with van der Waals surface area (Å²) in [5.41, 5.74) is 7.71. The molecule has 26 heavy (non-hydrogen) atoms. The minimum absolute atomic E-state index is 0.635. The first-order valence-corrected chi connectivity index (χ1v) is 14.5. The summed E-state index contributed by atoms with van der Waals surface area (Å²) in [6.07, 6.45) is 17.2. The smallest absolute Gasteiger partial charge is 0.204 e. The zero-order valence-corrected chi connectivity index (χ0v) is 18.2. The quantitative estimate of drug-likeness (QED) is 0.335. The van der Waals surface area contributed by atoms with Crippen LogP contribution in [0.4, 0.5) is 0 Å². The van der Waals surface area contributed by atoms with E-state index in [9.17, 15) is 0 Å². The third-order valence-electron chi connectivity index (χ3n) is 5.76. The minimum Gasteiger partial charge on any atom is -0.226 e. The van der Waals surface area contributed by atoms with Crippen LogP contribution >= 0.6 is 0 Å². The summed E-state index contributed by atoms with van der Waals surface area (Å²) in [5, 5.41) is 0. The molecule has 3 rings (SSSR count). The first kappa shape index (κ1) is 19.6. The Kier molecular flexibility index (Phi) is 6.92. The van der Waals surface area contributed by atoms with E-state index in [-0.39, 0.29) is 0 Å². The van der Waals surface area contributed by atoms with Gasteiger partial charge in [-0.25, -0.2) is 9.97 Å². The Morgan fingerprint density at radius 2 is 1.38 bits per heavy atom. The summed E-state index contributed by atoms with van der Waals surface area (Å²) < 4.78 is 0. The van der Waals surface area contributed by atoms with E-state index in [0.29, 0.717) is 5.92 Å². The Morgan fingerprint density at radius 3 is 2.08 bits per heavy atom. The monoisotopic (exact) mass is 368 g/mol. The van der Waals surface area contributed by atoms with E-state index in [2.05, 4.69) is 31.1 Å². The van der Waals surface area contributed by atoms with Crippen LogP contribution in [0.15, 0.2) is 0 Å². The summed E-state index contributed by atoms with van der Waals surface area (Å²) in [4.78, 5) is 10.0. The molecule has 0 bridgehead atoms. The van der Waals surface area contributed by atoms with Crippen molar-refractivity contribution in [2.45, 2.75) is 109 Å². The van der Waals surface area contributed by atoms with Gasteiger partial charge in [0, 0.05) is 11.6 Å². The first-order chi connectivity index (χ1) is 12.5. The first-order valence-electron chi connectivity index (χ1n) is 11.0. The maximum Gasteiger partial charge on any atom is 0.204 e. The molecule has 2 nitrogen and oxygen atoms in total. The fourth-order valence-corrected chi connectivity index (χ4v) is 4.83. The topological polar surface area (TPSA) is 25.8 Å². The lowest BCUT2D eigenvalue weighted by atomic mass is 9.88. The fraction of sp³-hybridized carbons (Fsp3) is 0.739. The van der Waals surface area contributed by atoms with Crippen LogP contribution in [0, 0.1) is 11.5 Å². The average molecular weight is 369 g/mol. The second kappa shape index (κ2) is 9.18. The predicted molar refractivity (Wildman–Crippen MR) is 113 cm³/mol. The van der Waals surface area contributed by atoms with Gasteiger partial charge in [-0.05, 0) is 50.0 Å². The highest BCUT2D eigenvalue weighted by Crippen LogP contribution is 2.34. The Morgan fingerprint density at radius 1 is 0.769 bits per heavy atom. The van der Waals surface area contributed by atoms with Crippen LogP contribution in [-0.2, 0) is 12.8 Å². The molecule has 0 aliphatic heterocycles. The molecule has 0 spiro atoms. The molecule has 1 heterocycles. The van der Waals surface area contributed by atoms with Crippen LogP contribution in [0.25, 0.3) is 0 Å². The van der Waals surface area contributed by atoms with Crippen molar-refractivity contribution in [1.29, 1.82) is 0 Å². The fourth-order valence-electron chi connectivity index (χ4n) is 4.34. The van der Waals surface area contributed by atoms with E-state index in [1.54, 1.807) is 0 Å². The van der Waals surface area contributed by atoms with E-state index < -0.39 is 8.07 Å². The Labute approximate surface area is 161 Å². The molecule has 0 N–H and O–H groups in total. The van der Waals surface area contributed by atoms with Gasteiger partial charge < -0.3 is 0 Å². The maximum absolute atomic E-state index is 5.09. The van der Waals surface area contributed by atoms with Crippen molar-refractivity contribution < 1.29 is 0 Å². The van der Waals surface area contributed by atoms with Crippen molar-refractivity contribution in [1.82, 2.24) is 9.97 Å². The number of nitrogens with zero attached hydrogens (tertiary/aromatic N) is 2. The van der Waals surface area contributed by atoms with Gasteiger partial charge in [0.2, 0.25) is 5.82 Å². The molecule has 0 radical (unpaired) electrons. The number of aromatic nitrogens is 2. The Hall–Kier alpha value is -1.14. The summed E-state index contributed by atoms with van der Waals surface area (Å²) in [7, 11) is -1.40. The highest BCUT2D eigenvalue weighted by Gasteiger charge is 2.23.